The van der Waals surface area contributed by atoms with Crippen LogP contribution in [0.25, 0.3) is 0 Å². The summed E-state index contributed by atoms with van der Waals surface area (Å²) in [5, 5.41) is 5.68. The van der Waals surface area contributed by atoms with Crippen LogP contribution in [0.2, 0.25) is 0 Å². The Bertz CT molecular complexity index is 499. The molecular formula is C16H26N4O2. The summed E-state index contributed by atoms with van der Waals surface area (Å²) < 4.78 is 5.34. The minimum atomic E-state index is -0.198. The van der Waals surface area contributed by atoms with Crippen LogP contribution >= 0.6 is 0 Å². The molecule has 1 aliphatic rings. The molecule has 1 heterocycles. The largest absolute Gasteiger partial charge is 0.495 e. The SMILES string of the molecule is CCCNC(=O)Nc1cc(N2CCN(C)CC2)ccc1OC. The quantitative estimate of drug-likeness (QED) is 0.873. The van der Waals surface area contributed by atoms with E-state index in [0.717, 1.165) is 38.3 Å². The lowest BCUT2D eigenvalue weighted by Crippen LogP contribution is -2.44. The van der Waals surface area contributed by atoms with E-state index in [-0.39, 0.29) is 6.03 Å². The first-order valence-electron chi connectivity index (χ1n) is 7.80. The molecule has 1 fully saturated rings. The monoisotopic (exact) mass is 306 g/mol. The molecule has 22 heavy (non-hydrogen) atoms. The highest BCUT2D eigenvalue weighted by atomic mass is 16.5. The van der Waals surface area contributed by atoms with E-state index in [2.05, 4.69) is 27.5 Å². The number of amides is 2. The summed E-state index contributed by atoms with van der Waals surface area (Å²) in [6, 6.07) is 5.73. The molecule has 0 atom stereocenters. The van der Waals surface area contributed by atoms with Crippen molar-refractivity contribution in [2.24, 2.45) is 0 Å². The van der Waals surface area contributed by atoms with Gasteiger partial charge in [-0.05, 0) is 31.7 Å². The van der Waals surface area contributed by atoms with Gasteiger partial charge in [0.2, 0.25) is 0 Å². The minimum Gasteiger partial charge on any atom is -0.495 e. The third-order valence-electron chi connectivity index (χ3n) is 3.84. The number of nitrogens with zero attached hydrogens (tertiary/aromatic N) is 2. The summed E-state index contributed by atoms with van der Waals surface area (Å²) in [5.41, 5.74) is 1.81. The smallest absolute Gasteiger partial charge is 0.319 e. The maximum atomic E-state index is 11.9. The van der Waals surface area contributed by atoms with Gasteiger partial charge < -0.3 is 25.2 Å². The number of likely N-dealkylation sites (N-methyl/N-ethyl adjacent to an activating group) is 1. The Morgan fingerprint density at radius 1 is 1.27 bits per heavy atom. The van der Waals surface area contributed by atoms with Gasteiger partial charge in [0.1, 0.15) is 5.75 Å². The first-order chi connectivity index (χ1) is 10.6. The fourth-order valence-corrected chi connectivity index (χ4v) is 2.46. The summed E-state index contributed by atoms with van der Waals surface area (Å²) in [6.45, 7) is 6.76. The van der Waals surface area contributed by atoms with Gasteiger partial charge >= 0.3 is 6.03 Å². The Morgan fingerprint density at radius 3 is 2.64 bits per heavy atom. The Balaban J connectivity index is 2.10. The van der Waals surface area contributed by atoms with Crippen molar-refractivity contribution in [3.05, 3.63) is 18.2 Å². The number of nitrogens with one attached hydrogen (secondary N) is 2. The van der Waals surface area contributed by atoms with Crippen molar-refractivity contribution in [1.29, 1.82) is 0 Å². The van der Waals surface area contributed by atoms with Gasteiger partial charge in [-0.3, -0.25) is 0 Å². The first-order valence-corrected chi connectivity index (χ1v) is 7.80. The number of carbonyl (C=O) groups excluding carboxylic acids is 1. The molecule has 1 aromatic carbocycles. The van der Waals surface area contributed by atoms with Crippen molar-refractivity contribution < 1.29 is 9.53 Å². The van der Waals surface area contributed by atoms with Crippen LogP contribution in [0.1, 0.15) is 13.3 Å². The van der Waals surface area contributed by atoms with Crippen LogP contribution in [-0.4, -0.2) is 57.8 Å². The van der Waals surface area contributed by atoms with E-state index < -0.39 is 0 Å². The van der Waals surface area contributed by atoms with Crippen molar-refractivity contribution in [1.82, 2.24) is 10.2 Å². The highest BCUT2D eigenvalue weighted by Crippen LogP contribution is 2.30. The number of rotatable bonds is 5. The van der Waals surface area contributed by atoms with Crippen molar-refractivity contribution in [3.8, 4) is 5.75 Å². The molecule has 6 nitrogen and oxygen atoms in total. The van der Waals surface area contributed by atoms with Gasteiger partial charge in [0.05, 0.1) is 12.8 Å². The molecule has 0 spiro atoms. The lowest BCUT2D eigenvalue weighted by atomic mass is 10.2. The molecule has 6 heteroatoms. The van der Waals surface area contributed by atoms with E-state index in [1.54, 1.807) is 7.11 Å². The van der Waals surface area contributed by atoms with Gasteiger partial charge in [-0.1, -0.05) is 6.92 Å². The van der Waals surface area contributed by atoms with Gasteiger partial charge in [0.25, 0.3) is 0 Å². The lowest BCUT2D eigenvalue weighted by molar-refractivity contribution is 0.252. The highest BCUT2D eigenvalue weighted by Gasteiger charge is 2.16. The highest BCUT2D eigenvalue weighted by molar-refractivity contribution is 5.91. The molecule has 2 amide bonds. The molecule has 1 aliphatic heterocycles. The number of carbonyl (C=O) groups is 1. The Morgan fingerprint density at radius 2 is 2.00 bits per heavy atom. The van der Waals surface area contributed by atoms with Gasteiger partial charge in [0.15, 0.2) is 0 Å². The average molecular weight is 306 g/mol. The predicted octanol–water partition coefficient (Wildman–Crippen LogP) is 1.98. The molecule has 0 unspecified atom stereocenters. The summed E-state index contributed by atoms with van der Waals surface area (Å²) in [5.74, 6) is 0.671. The number of urea groups is 1. The standard InChI is InChI=1S/C16H26N4O2/c1-4-7-17-16(21)18-14-12-13(5-6-15(14)22-3)20-10-8-19(2)9-11-20/h5-6,12H,4,7-11H2,1-3H3,(H2,17,18,21). The number of methoxy groups -OCH3 is 1. The number of ether oxygens (including phenoxy) is 1. The maximum absolute atomic E-state index is 11.9. The summed E-state index contributed by atoms with van der Waals surface area (Å²) in [6.07, 6.45) is 0.909. The summed E-state index contributed by atoms with van der Waals surface area (Å²) in [7, 11) is 3.75. The number of hydrogen-bond acceptors (Lipinski definition) is 4. The molecule has 2 N–H and O–H groups in total. The van der Waals surface area contributed by atoms with Crippen LogP contribution in [-0.2, 0) is 0 Å². The van der Waals surface area contributed by atoms with E-state index >= 15 is 0 Å². The van der Waals surface area contributed by atoms with Crippen molar-refractivity contribution >= 4 is 17.4 Å². The number of anilines is 2. The second kappa shape index (κ2) is 7.89. The van der Waals surface area contributed by atoms with Crippen LogP contribution in [0, 0.1) is 0 Å². The molecule has 0 aliphatic carbocycles. The first kappa shape index (κ1) is 16.4. The molecule has 0 saturated carbocycles. The molecule has 0 bridgehead atoms. The van der Waals surface area contributed by atoms with Gasteiger partial charge in [-0.25, -0.2) is 4.79 Å². The fraction of sp³-hybridized carbons (Fsp3) is 0.562. The Hall–Kier alpha value is -1.95. The third kappa shape index (κ3) is 4.27. The van der Waals surface area contributed by atoms with Gasteiger partial charge in [-0.2, -0.15) is 0 Å². The zero-order valence-corrected chi connectivity index (χ0v) is 13.7. The molecule has 1 aromatic rings. The van der Waals surface area contributed by atoms with E-state index in [9.17, 15) is 4.79 Å². The third-order valence-corrected chi connectivity index (χ3v) is 3.84. The lowest BCUT2D eigenvalue weighted by Gasteiger charge is -2.34. The van der Waals surface area contributed by atoms with E-state index in [1.165, 1.54) is 0 Å². The molecular weight excluding hydrogens is 280 g/mol. The second-order valence-corrected chi connectivity index (χ2v) is 5.56. The van der Waals surface area contributed by atoms with Crippen LogP contribution in [0.3, 0.4) is 0 Å². The zero-order chi connectivity index (χ0) is 15.9. The van der Waals surface area contributed by atoms with E-state index in [4.69, 9.17) is 4.74 Å². The minimum absolute atomic E-state index is 0.198. The van der Waals surface area contributed by atoms with E-state index in [0.29, 0.717) is 18.0 Å². The van der Waals surface area contributed by atoms with Gasteiger partial charge in [0, 0.05) is 38.4 Å². The van der Waals surface area contributed by atoms with Crippen LogP contribution < -0.4 is 20.3 Å². The molecule has 0 aromatic heterocycles. The van der Waals surface area contributed by atoms with Crippen molar-refractivity contribution in [2.75, 3.05) is 57.1 Å². The molecule has 122 valence electrons. The van der Waals surface area contributed by atoms with E-state index in [1.807, 2.05) is 25.1 Å². The Labute approximate surface area is 132 Å². The fourth-order valence-electron chi connectivity index (χ4n) is 2.46. The maximum Gasteiger partial charge on any atom is 0.319 e. The molecule has 2 rings (SSSR count). The van der Waals surface area contributed by atoms with Crippen molar-refractivity contribution in [2.45, 2.75) is 13.3 Å². The second-order valence-electron chi connectivity index (χ2n) is 5.56. The number of hydrogen-bond donors (Lipinski definition) is 2. The number of benzene rings is 1. The molecule has 1 saturated heterocycles. The zero-order valence-electron chi connectivity index (χ0n) is 13.7. The summed E-state index contributed by atoms with van der Waals surface area (Å²) >= 11 is 0. The Kier molecular flexibility index (Phi) is 5.89. The predicted molar refractivity (Wildman–Crippen MR) is 90.0 cm³/mol. The van der Waals surface area contributed by atoms with Crippen LogP contribution in [0.4, 0.5) is 16.2 Å². The topological polar surface area (TPSA) is 56.8 Å². The average Bonchev–Trinajstić information content (AvgIpc) is 2.53. The van der Waals surface area contributed by atoms with Crippen molar-refractivity contribution in [3.63, 3.8) is 0 Å². The van der Waals surface area contributed by atoms with Crippen LogP contribution in [0.15, 0.2) is 18.2 Å². The normalized spacial score (nSPS) is 15.5. The van der Waals surface area contributed by atoms with Gasteiger partial charge in [-0.15, -0.1) is 0 Å². The molecule has 0 radical (unpaired) electrons. The summed E-state index contributed by atoms with van der Waals surface area (Å²) in [4.78, 5) is 16.5. The number of piperazine rings is 1. The van der Waals surface area contributed by atoms with Crippen LogP contribution in [0.5, 0.6) is 5.75 Å².